The van der Waals surface area contributed by atoms with Gasteiger partial charge in [0, 0.05) is 11.3 Å². The van der Waals surface area contributed by atoms with Crippen molar-refractivity contribution < 1.29 is 0 Å². The summed E-state index contributed by atoms with van der Waals surface area (Å²) < 4.78 is 0. The molecular weight excluding hydrogens is 212 g/mol. The Balaban J connectivity index is 2.26. The molecule has 1 aromatic heterocycles. The van der Waals surface area contributed by atoms with Gasteiger partial charge in [0.1, 0.15) is 0 Å². The molecule has 16 heavy (non-hydrogen) atoms. The lowest BCUT2D eigenvalue weighted by Gasteiger charge is -1.98. The molecule has 0 N–H and O–H groups in total. The molecule has 2 rings (SSSR count). The van der Waals surface area contributed by atoms with E-state index in [0.29, 0.717) is 0 Å². The fraction of sp³-hybridized carbons (Fsp3) is 0.0667. The van der Waals surface area contributed by atoms with Crippen LogP contribution in [0, 0.1) is 0 Å². The lowest BCUT2D eigenvalue weighted by molar-refractivity contribution is 1.24. The van der Waals surface area contributed by atoms with Crippen LogP contribution in [0.4, 0.5) is 0 Å². The Morgan fingerprint density at radius 3 is 2.19 bits per heavy atom. The van der Waals surface area contributed by atoms with Gasteiger partial charge in [0.2, 0.25) is 0 Å². The molecule has 2 aromatic rings. The number of hydrogen-bond acceptors (Lipinski definition) is 1. The molecule has 80 valence electrons. The minimum Gasteiger partial charge on any atom is -0.149 e. The van der Waals surface area contributed by atoms with E-state index < -0.39 is 0 Å². The van der Waals surface area contributed by atoms with Crippen LogP contribution in [0.2, 0.25) is 0 Å². The van der Waals surface area contributed by atoms with Gasteiger partial charge in [-0.3, -0.25) is 0 Å². The van der Waals surface area contributed by atoms with Crippen LogP contribution in [0.3, 0.4) is 0 Å². The van der Waals surface area contributed by atoms with Crippen molar-refractivity contribution in [1.29, 1.82) is 0 Å². The van der Waals surface area contributed by atoms with Gasteiger partial charge in [0.05, 0.1) is 0 Å². The summed E-state index contributed by atoms with van der Waals surface area (Å²) in [5, 5.41) is 2.12. The normalized spacial score (nSPS) is 9.50. The van der Waals surface area contributed by atoms with E-state index in [-0.39, 0.29) is 0 Å². The Labute approximate surface area is 101 Å². The van der Waals surface area contributed by atoms with Crippen LogP contribution >= 0.6 is 11.3 Å². The van der Waals surface area contributed by atoms with Crippen LogP contribution in [0.15, 0.2) is 72.1 Å². The molecule has 0 aliphatic carbocycles. The summed E-state index contributed by atoms with van der Waals surface area (Å²) in [5.74, 6) is 0. The van der Waals surface area contributed by atoms with Gasteiger partial charge in [0.15, 0.2) is 0 Å². The van der Waals surface area contributed by atoms with E-state index in [1.807, 2.05) is 12.1 Å². The highest BCUT2D eigenvalue weighted by Crippen LogP contribution is 2.11. The predicted molar refractivity (Wildman–Crippen MR) is 71.2 cm³/mol. The summed E-state index contributed by atoms with van der Waals surface area (Å²) in [4.78, 5) is 1.36. The molecule has 1 heterocycles. The van der Waals surface area contributed by atoms with E-state index in [9.17, 15) is 0 Å². The summed E-state index contributed by atoms with van der Waals surface area (Å²) in [5.41, 5.74) is 1.36. The van der Waals surface area contributed by atoms with Gasteiger partial charge in [-0.25, -0.2) is 0 Å². The molecule has 0 aliphatic rings. The van der Waals surface area contributed by atoms with Gasteiger partial charge in [-0.15, -0.1) is 11.3 Å². The fourth-order valence-electron chi connectivity index (χ4n) is 1.46. The number of rotatable bonds is 2. The van der Waals surface area contributed by atoms with Crippen LogP contribution in [-0.2, 0) is 6.42 Å². The molecule has 0 spiro atoms. The van der Waals surface area contributed by atoms with Crippen molar-refractivity contribution in [3.05, 3.63) is 82.6 Å². The largest absolute Gasteiger partial charge is 0.149 e. The Hall–Kier alpha value is -1.60. The molecule has 0 nitrogen and oxygen atoms in total. The van der Waals surface area contributed by atoms with Crippen LogP contribution in [-0.4, -0.2) is 0 Å². The van der Waals surface area contributed by atoms with E-state index in [2.05, 4.69) is 60.0 Å². The summed E-state index contributed by atoms with van der Waals surface area (Å²) in [6.07, 6.45) is 1.00. The molecule has 0 unspecified atom stereocenters. The van der Waals surface area contributed by atoms with Gasteiger partial charge in [0.25, 0.3) is 0 Å². The fourth-order valence-corrected chi connectivity index (χ4v) is 2.22. The third-order valence-electron chi connectivity index (χ3n) is 2.25. The van der Waals surface area contributed by atoms with Crippen LogP contribution < -0.4 is 0 Å². The average molecular weight is 226 g/mol. The molecule has 0 radical (unpaired) electrons. The van der Waals surface area contributed by atoms with Gasteiger partial charge in [-0.2, -0.15) is 0 Å². The first-order valence-corrected chi connectivity index (χ1v) is 6.23. The first kappa shape index (κ1) is 10.9. The van der Waals surface area contributed by atoms with E-state index in [4.69, 9.17) is 0 Å². The molecule has 0 amide bonds. The smallest absolute Gasteiger partial charge is 0.00887 e. The van der Waals surface area contributed by atoms with Crippen molar-refractivity contribution in [3.63, 3.8) is 0 Å². The highest BCUT2D eigenvalue weighted by molar-refractivity contribution is 7.09. The number of hydrogen-bond donors (Lipinski definition) is 0. The highest BCUT2D eigenvalue weighted by Gasteiger charge is 1.92. The zero-order valence-corrected chi connectivity index (χ0v) is 9.86. The Kier molecular flexibility index (Phi) is 4.15. The van der Waals surface area contributed by atoms with Crippen molar-refractivity contribution in [2.75, 3.05) is 0 Å². The van der Waals surface area contributed by atoms with Crippen molar-refractivity contribution in [3.8, 4) is 0 Å². The zero-order valence-electron chi connectivity index (χ0n) is 9.04. The average Bonchev–Trinajstić information content (AvgIpc) is 2.45. The van der Waals surface area contributed by atoms with Crippen LogP contribution in [0.1, 0.15) is 10.4 Å². The van der Waals surface area contributed by atoms with E-state index in [1.165, 1.54) is 10.4 Å². The van der Waals surface area contributed by atoms with Crippen molar-refractivity contribution in [2.24, 2.45) is 0 Å². The molecule has 0 atom stereocenters. The highest BCUT2D eigenvalue weighted by atomic mass is 32.1. The third kappa shape index (κ3) is 3.52. The maximum Gasteiger partial charge on any atom is 0.00887 e. The zero-order chi connectivity index (χ0) is 11.1. The lowest BCUT2D eigenvalue weighted by atomic mass is 10.1. The molecule has 0 saturated carbocycles. The maximum atomic E-state index is 2.18. The molecule has 0 saturated heterocycles. The molecule has 1 aromatic carbocycles. The minimum atomic E-state index is 1.00. The quantitative estimate of drug-likeness (QED) is 0.709. The van der Waals surface area contributed by atoms with Crippen molar-refractivity contribution >= 4 is 11.3 Å². The Morgan fingerprint density at radius 1 is 0.688 bits per heavy atom. The van der Waals surface area contributed by atoms with Gasteiger partial charge in [-0.1, -0.05) is 60.7 Å². The second kappa shape index (κ2) is 6.09. The molecule has 0 bridgehead atoms. The van der Waals surface area contributed by atoms with Crippen molar-refractivity contribution in [2.45, 2.75) is 6.42 Å². The van der Waals surface area contributed by atoms with Gasteiger partial charge < -0.3 is 0 Å². The monoisotopic (exact) mass is 226 g/mol. The predicted octanol–water partition coefficient (Wildman–Crippen LogP) is 4.46. The number of benzene rings is 1. The van der Waals surface area contributed by atoms with Crippen molar-refractivity contribution in [1.82, 2.24) is 0 Å². The standard InChI is InChI=1S/C15H14S/c1-2-7-11-15(16-12-8-3-1)13-14-9-5-4-6-10-14/h1-12H,13H2. The van der Waals surface area contributed by atoms with Crippen LogP contribution in [0.5, 0.6) is 0 Å². The SMILES string of the molecule is c1cccsc(Cc2ccccc2)ccc1. The maximum absolute atomic E-state index is 2.18. The first-order valence-electron chi connectivity index (χ1n) is 5.35. The summed E-state index contributed by atoms with van der Waals surface area (Å²) >= 11 is 1.78. The van der Waals surface area contributed by atoms with Crippen LogP contribution in [0.25, 0.3) is 0 Å². The Bertz CT molecular complexity index is 446. The van der Waals surface area contributed by atoms with E-state index in [1.54, 1.807) is 11.3 Å². The lowest BCUT2D eigenvalue weighted by Crippen LogP contribution is -1.82. The summed E-state index contributed by atoms with van der Waals surface area (Å²) in [7, 11) is 0. The van der Waals surface area contributed by atoms with Gasteiger partial charge in [-0.05, 0) is 17.0 Å². The topological polar surface area (TPSA) is 0 Å². The summed E-state index contributed by atoms with van der Waals surface area (Å²) in [6.45, 7) is 0. The molecule has 1 heteroatoms. The molecule has 0 aliphatic heterocycles. The summed E-state index contributed by atoms with van der Waals surface area (Å²) in [6, 6.07) is 23.0. The minimum absolute atomic E-state index is 1.00. The second-order valence-corrected chi connectivity index (χ2v) is 4.54. The third-order valence-corrected chi connectivity index (χ3v) is 3.12. The van der Waals surface area contributed by atoms with E-state index in [0.717, 1.165) is 6.42 Å². The molecular formula is C15H14S. The second-order valence-electron chi connectivity index (χ2n) is 3.51. The first-order chi connectivity index (χ1) is 7.95. The Morgan fingerprint density at radius 2 is 1.31 bits per heavy atom. The van der Waals surface area contributed by atoms with Gasteiger partial charge >= 0.3 is 0 Å². The molecule has 0 fully saturated rings. The van der Waals surface area contributed by atoms with E-state index >= 15 is 0 Å².